The summed E-state index contributed by atoms with van der Waals surface area (Å²) in [5.74, 6) is -7.57. The van der Waals surface area contributed by atoms with E-state index in [2.05, 4.69) is 0 Å². The van der Waals surface area contributed by atoms with Crippen molar-refractivity contribution in [1.82, 2.24) is 0 Å². The van der Waals surface area contributed by atoms with Crippen LogP contribution >= 0.6 is 0 Å². The van der Waals surface area contributed by atoms with E-state index in [1.807, 2.05) is 0 Å². The Balaban J connectivity index is 0.00000648. The number of esters is 1. The van der Waals surface area contributed by atoms with E-state index in [4.69, 9.17) is 29.2 Å². The van der Waals surface area contributed by atoms with E-state index in [9.17, 15) is 55.2 Å². The van der Waals surface area contributed by atoms with Crippen LogP contribution in [-0.4, -0.2) is 149 Å². The Morgan fingerprint density at radius 2 is 1.53 bits per heavy atom. The first-order valence-electron chi connectivity index (χ1n) is 10.2. The molecular formula is C18H29NaO17. The summed E-state index contributed by atoms with van der Waals surface area (Å²) in [6, 6.07) is 0. The molecule has 2 rings (SSSR count). The van der Waals surface area contributed by atoms with Gasteiger partial charge < -0.3 is 71.4 Å². The Labute approximate surface area is 226 Å². The number of carbonyl (C=O) groups is 3. The van der Waals surface area contributed by atoms with Crippen LogP contribution in [0.5, 0.6) is 0 Å². The summed E-state index contributed by atoms with van der Waals surface area (Å²) in [6.45, 7) is -2.82. The minimum atomic E-state index is -3.00. The maximum atomic E-state index is 12.0. The van der Waals surface area contributed by atoms with Gasteiger partial charge in [-0.2, -0.15) is 0 Å². The van der Waals surface area contributed by atoms with E-state index in [0.717, 1.165) is 0 Å². The Kier molecular flexibility index (Phi) is 12.1. The molecule has 204 valence electrons. The van der Waals surface area contributed by atoms with Crippen LogP contribution in [0.3, 0.4) is 0 Å². The zero-order chi connectivity index (χ0) is 26.7. The Hall–Kier alpha value is -1.03. The first-order valence-corrected chi connectivity index (χ1v) is 10.2. The van der Waals surface area contributed by atoms with Crippen molar-refractivity contribution < 1.29 is 115 Å². The number of aliphatic carboxylic acids is 2. The third-order valence-electron chi connectivity index (χ3n) is 5.58. The smallest absolute Gasteiger partial charge is 1.00 e. The molecule has 0 bridgehead atoms. The van der Waals surface area contributed by atoms with Crippen LogP contribution in [0.15, 0.2) is 0 Å². The van der Waals surface area contributed by atoms with Crippen molar-refractivity contribution in [3.05, 3.63) is 0 Å². The molecule has 0 aromatic rings. The first kappa shape index (κ1) is 33.0. The van der Waals surface area contributed by atoms with Gasteiger partial charge in [-0.3, -0.25) is 9.59 Å². The fourth-order valence-electron chi connectivity index (χ4n) is 3.55. The van der Waals surface area contributed by atoms with Crippen molar-refractivity contribution in [2.24, 2.45) is 0 Å². The average molecular weight is 540 g/mol. The molecule has 2 aliphatic rings. The molecule has 10 N–H and O–H groups in total. The van der Waals surface area contributed by atoms with Crippen LogP contribution < -0.4 is 29.6 Å². The third-order valence-corrected chi connectivity index (χ3v) is 5.58. The van der Waals surface area contributed by atoms with E-state index in [-0.39, 0.29) is 31.0 Å². The molecule has 36 heavy (non-hydrogen) atoms. The van der Waals surface area contributed by atoms with E-state index >= 15 is 0 Å². The number of carbonyl (C=O) groups excluding carboxylic acids is 1. The summed E-state index contributed by atoms with van der Waals surface area (Å²) >= 11 is 0. The minimum Gasteiger partial charge on any atom is -1.00 e. The van der Waals surface area contributed by atoms with E-state index in [1.165, 1.54) is 0 Å². The van der Waals surface area contributed by atoms with Crippen LogP contribution in [0.1, 0.15) is 14.3 Å². The molecule has 0 spiro atoms. The van der Waals surface area contributed by atoms with Crippen molar-refractivity contribution in [2.75, 3.05) is 19.8 Å². The molecule has 10 atom stereocenters. The number of rotatable bonds is 11. The Morgan fingerprint density at radius 3 is 2.00 bits per heavy atom. The van der Waals surface area contributed by atoms with E-state index in [0.29, 0.717) is 0 Å². The second-order valence-corrected chi connectivity index (χ2v) is 8.14. The third kappa shape index (κ3) is 7.08. The molecule has 17 nitrogen and oxygen atoms in total. The molecule has 1 unspecified atom stereocenters. The summed E-state index contributed by atoms with van der Waals surface area (Å²) < 4.78 is 20.4. The molecule has 2 fully saturated rings. The number of hydrogen-bond donors (Lipinski definition) is 10. The van der Waals surface area contributed by atoms with Gasteiger partial charge in [0.1, 0.15) is 55.9 Å². The summed E-state index contributed by atoms with van der Waals surface area (Å²) in [6.07, 6.45) is -17.3. The fourth-order valence-corrected chi connectivity index (χ4v) is 3.55. The van der Waals surface area contributed by atoms with Gasteiger partial charge in [-0.25, -0.2) is 4.79 Å². The van der Waals surface area contributed by atoms with Crippen molar-refractivity contribution in [3.63, 3.8) is 0 Å². The summed E-state index contributed by atoms with van der Waals surface area (Å²) in [5, 5.41) is 97.1. The second kappa shape index (κ2) is 13.2. The zero-order valence-corrected chi connectivity index (χ0v) is 21.0. The molecule has 0 radical (unpaired) electrons. The molecular weight excluding hydrogens is 511 g/mol. The van der Waals surface area contributed by atoms with Crippen molar-refractivity contribution in [2.45, 2.75) is 73.2 Å². The SMILES string of the molecule is O=C(O)CC(O)(CC(=O)OC[C@H]1O[C@H](O[C@]2(CO)O[C@H](CO)[C@@H](O)[C@@H]2O)[C@H](O)[C@@H](O)[C@@H]1O)C(=O)O.[H-].[Na+]. The summed E-state index contributed by atoms with van der Waals surface area (Å²) in [7, 11) is 0. The maximum absolute atomic E-state index is 12.0. The normalized spacial score (nSPS) is 38.0. The number of carboxylic acid groups (broad SMARTS) is 2. The van der Waals surface area contributed by atoms with Gasteiger partial charge in [-0.15, -0.1) is 0 Å². The van der Waals surface area contributed by atoms with Crippen LogP contribution in [0, 0.1) is 0 Å². The molecule has 2 saturated heterocycles. The van der Waals surface area contributed by atoms with Gasteiger partial charge in [0.15, 0.2) is 11.9 Å². The number of aliphatic hydroxyl groups is 8. The second-order valence-electron chi connectivity index (χ2n) is 8.14. The van der Waals surface area contributed by atoms with Gasteiger partial charge in [0, 0.05) is 0 Å². The predicted molar refractivity (Wildman–Crippen MR) is 103 cm³/mol. The summed E-state index contributed by atoms with van der Waals surface area (Å²) in [5.41, 5.74) is -3.00. The van der Waals surface area contributed by atoms with Crippen LogP contribution in [0.2, 0.25) is 0 Å². The topological polar surface area (TPSA) is 290 Å². The molecule has 2 aliphatic heterocycles. The Bertz CT molecular complexity index is 789. The zero-order valence-electron chi connectivity index (χ0n) is 20.0. The number of hydrogen-bond acceptors (Lipinski definition) is 15. The van der Waals surface area contributed by atoms with Crippen molar-refractivity contribution in [3.8, 4) is 0 Å². The van der Waals surface area contributed by atoms with Gasteiger partial charge in [0.25, 0.3) is 0 Å². The number of carboxylic acids is 2. The fraction of sp³-hybridized carbons (Fsp3) is 0.833. The average Bonchev–Trinajstić information content (AvgIpc) is 3.02. The van der Waals surface area contributed by atoms with Gasteiger partial charge in [0.2, 0.25) is 5.79 Å². The Morgan fingerprint density at radius 1 is 0.917 bits per heavy atom. The molecule has 0 aromatic heterocycles. The number of aliphatic hydroxyl groups excluding tert-OH is 7. The molecule has 18 heteroatoms. The largest absolute Gasteiger partial charge is 1.00 e. The van der Waals surface area contributed by atoms with Gasteiger partial charge in [-0.1, -0.05) is 0 Å². The number of ether oxygens (including phenoxy) is 4. The summed E-state index contributed by atoms with van der Waals surface area (Å²) in [4.78, 5) is 33.9. The van der Waals surface area contributed by atoms with Crippen LogP contribution in [0.4, 0.5) is 0 Å². The van der Waals surface area contributed by atoms with E-state index < -0.39 is 111 Å². The molecule has 0 amide bonds. The monoisotopic (exact) mass is 540 g/mol. The van der Waals surface area contributed by atoms with Gasteiger partial charge >= 0.3 is 47.5 Å². The van der Waals surface area contributed by atoms with E-state index in [1.54, 1.807) is 0 Å². The van der Waals surface area contributed by atoms with Crippen molar-refractivity contribution in [1.29, 1.82) is 0 Å². The minimum absolute atomic E-state index is 0. The van der Waals surface area contributed by atoms with Crippen LogP contribution in [0.25, 0.3) is 0 Å². The standard InChI is InChI=1S/C18H28O17.Na.H/c19-3-6-11(25)14(28)18(5-20,34-6)35-15-13(27)12(26)10(24)7(33-15)4-32-9(23)2-17(31,16(29)30)1-8(21)22;;/h6-7,10-15,19-20,24-28,31H,1-5H2,(H,21,22)(H,29,30);;/q;+1;-1/t6-,7-,10-,11-,12+,13-,14+,15-,17?,18+;;/m1../s1. The van der Waals surface area contributed by atoms with Crippen LogP contribution in [-0.2, 0) is 33.3 Å². The van der Waals surface area contributed by atoms with Gasteiger partial charge in [0.05, 0.1) is 19.4 Å². The molecule has 0 aromatic carbocycles. The maximum Gasteiger partial charge on any atom is 1.00 e. The van der Waals surface area contributed by atoms with Crippen molar-refractivity contribution >= 4 is 17.9 Å². The molecule has 2 heterocycles. The van der Waals surface area contributed by atoms with Gasteiger partial charge in [-0.05, 0) is 0 Å². The molecule has 0 saturated carbocycles. The quantitative estimate of drug-likeness (QED) is 0.0859. The first-order chi connectivity index (χ1) is 16.2. The molecule has 0 aliphatic carbocycles. The predicted octanol–water partition coefficient (Wildman–Crippen LogP) is -9.05.